The third kappa shape index (κ3) is 2.35. The summed E-state index contributed by atoms with van der Waals surface area (Å²) in [5.74, 6) is 6.72. The zero-order valence-corrected chi connectivity index (χ0v) is 8.11. The Morgan fingerprint density at radius 2 is 2.36 bits per heavy atom. The van der Waals surface area contributed by atoms with Crippen LogP contribution in [0.3, 0.4) is 0 Å². The molecular formula is C8H16N6. The molecular weight excluding hydrogens is 180 g/mol. The summed E-state index contributed by atoms with van der Waals surface area (Å²) in [6, 6.07) is 0. The molecule has 2 rings (SSSR count). The molecule has 0 atom stereocenters. The minimum absolute atomic E-state index is 0.617. The Labute approximate surface area is 82.9 Å². The molecule has 0 saturated carbocycles. The van der Waals surface area contributed by atoms with Crippen LogP contribution in [0.1, 0.15) is 12.8 Å². The van der Waals surface area contributed by atoms with E-state index in [0.29, 0.717) is 5.95 Å². The lowest BCUT2D eigenvalue weighted by atomic mass is 9.98. The van der Waals surface area contributed by atoms with Gasteiger partial charge in [-0.1, -0.05) is 0 Å². The van der Waals surface area contributed by atoms with E-state index in [1.807, 2.05) is 0 Å². The van der Waals surface area contributed by atoms with E-state index in [2.05, 4.69) is 20.7 Å². The van der Waals surface area contributed by atoms with Gasteiger partial charge in [0, 0.05) is 6.54 Å². The number of piperidine rings is 1. The lowest BCUT2D eigenvalue weighted by Crippen LogP contribution is -2.31. The first-order chi connectivity index (χ1) is 6.84. The zero-order chi connectivity index (χ0) is 9.80. The summed E-state index contributed by atoms with van der Waals surface area (Å²) < 4.78 is 0. The number of nitrogens with two attached hydrogens (primary N) is 1. The molecule has 0 unspecified atom stereocenters. The summed E-state index contributed by atoms with van der Waals surface area (Å²) in [4.78, 5) is 5.21. The second-order valence-electron chi connectivity index (χ2n) is 3.62. The molecule has 0 aromatic carbocycles. The lowest BCUT2D eigenvalue weighted by Gasteiger charge is -2.22. The molecule has 1 aromatic rings. The highest BCUT2D eigenvalue weighted by Gasteiger charge is 2.12. The van der Waals surface area contributed by atoms with Crippen LogP contribution in [0.2, 0.25) is 0 Å². The SMILES string of the molecule is Nn1cnc(NCC2CCNCC2)n1. The van der Waals surface area contributed by atoms with Gasteiger partial charge in [0.25, 0.3) is 0 Å². The van der Waals surface area contributed by atoms with E-state index in [4.69, 9.17) is 5.84 Å². The Hall–Kier alpha value is -1.30. The first kappa shape index (κ1) is 9.26. The summed E-state index contributed by atoms with van der Waals surface area (Å²) in [6.45, 7) is 3.17. The van der Waals surface area contributed by atoms with Crippen molar-refractivity contribution in [1.29, 1.82) is 0 Å². The molecule has 1 aliphatic heterocycles. The smallest absolute Gasteiger partial charge is 0.244 e. The van der Waals surface area contributed by atoms with Crippen molar-refractivity contribution in [3.63, 3.8) is 0 Å². The van der Waals surface area contributed by atoms with Crippen molar-refractivity contribution in [3.05, 3.63) is 6.33 Å². The fraction of sp³-hybridized carbons (Fsp3) is 0.750. The molecule has 14 heavy (non-hydrogen) atoms. The van der Waals surface area contributed by atoms with Gasteiger partial charge < -0.3 is 16.5 Å². The number of nitrogens with one attached hydrogen (secondary N) is 2. The van der Waals surface area contributed by atoms with Crippen LogP contribution in [0, 0.1) is 5.92 Å². The van der Waals surface area contributed by atoms with Crippen molar-refractivity contribution in [1.82, 2.24) is 20.2 Å². The van der Waals surface area contributed by atoms with Gasteiger partial charge in [-0.2, -0.15) is 9.77 Å². The number of nitrogens with zero attached hydrogens (tertiary/aromatic N) is 3. The van der Waals surface area contributed by atoms with Crippen LogP contribution in [-0.2, 0) is 0 Å². The van der Waals surface area contributed by atoms with Gasteiger partial charge in [0.1, 0.15) is 6.33 Å². The van der Waals surface area contributed by atoms with E-state index in [1.54, 1.807) is 0 Å². The minimum Gasteiger partial charge on any atom is -0.353 e. The monoisotopic (exact) mass is 196 g/mol. The van der Waals surface area contributed by atoms with Gasteiger partial charge in [-0.05, 0) is 31.8 Å². The maximum Gasteiger partial charge on any atom is 0.244 e. The number of nitrogen functional groups attached to an aromatic ring is 1. The summed E-state index contributed by atoms with van der Waals surface area (Å²) in [6.07, 6.45) is 3.93. The Bertz CT molecular complexity index is 277. The molecule has 0 spiro atoms. The Balaban J connectivity index is 1.76. The Morgan fingerprint density at radius 3 is 3.00 bits per heavy atom. The highest BCUT2D eigenvalue weighted by atomic mass is 15.5. The number of hydrogen-bond donors (Lipinski definition) is 3. The van der Waals surface area contributed by atoms with E-state index >= 15 is 0 Å². The average molecular weight is 196 g/mol. The quantitative estimate of drug-likeness (QED) is 0.563. The number of anilines is 1. The molecule has 6 heteroatoms. The topological polar surface area (TPSA) is 80.8 Å². The molecule has 0 bridgehead atoms. The third-order valence-electron chi connectivity index (χ3n) is 2.52. The lowest BCUT2D eigenvalue weighted by molar-refractivity contribution is 0.389. The predicted octanol–water partition coefficient (Wildman–Crippen LogP) is -0.597. The summed E-state index contributed by atoms with van der Waals surface area (Å²) in [5, 5.41) is 10.5. The molecule has 2 heterocycles. The van der Waals surface area contributed by atoms with Crippen molar-refractivity contribution in [2.45, 2.75) is 12.8 Å². The highest BCUT2D eigenvalue weighted by Crippen LogP contribution is 2.11. The fourth-order valence-corrected chi connectivity index (χ4v) is 1.68. The van der Waals surface area contributed by atoms with Crippen molar-refractivity contribution in [3.8, 4) is 0 Å². The second kappa shape index (κ2) is 4.28. The van der Waals surface area contributed by atoms with E-state index < -0.39 is 0 Å². The Kier molecular flexibility index (Phi) is 2.83. The average Bonchev–Trinajstić information content (AvgIpc) is 2.63. The molecule has 1 saturated heterocycles. The minimum atomic E-state index is 0.617. The van der Waals surface area contributed by atoms with Crippen LogP contribution in [-0.4, -0.2) is 34.5 Å². The maximum atomic E-state index is 5.38. The second-order valence-corrected chi connectivity index (χ2v) is 3.62. The summed E-state index contributed by atoms with van der Waals surface area (Å²) >= 11 is 0. The van der Waals surface area contributed by atoms with Gasteiger partial charge in [0.05, 0.1) is 0 Å². The van der Waals surface area contributed by atoms with Crippen LogP contribution in [0.5, 0.6) is 0 Å². The van der Waals surface area contributed by atoms with E-state index in [-0.39, 0.29) is 0 Å². The maximum absolute atomic E-state index is 5.38. The zero-order valence-electron chi connectivity index (χ0n) is 8.11. The van der Waals surface area contributed by atoms with Crippen LogP contribution in [0.4, 0.5) is 5.95 Å². The molecule has 0 radical (unpaired) electrons. The first-order valence-electron chi connectivity index (χ1n) is 4.96. The highest BCUT2D eigenvalue weighted by molar-refractivity contribution is 5.20. The van der Waals surface area contributed by atoms with Gasteiger partial charge in [-0.25, -0.2) is 0 Å². The molecule has 1 aromatic heterocycles. The summed E-state index contributed by atoms with van der Waals surface area (Å²) in [7, 11) is 0. The molecule has 0 amide bonds. The van der Waals surface area contributed by atoms with Crippen LogP contribution < -0.4 is 16.5 Å². The largest absolute Gasteiger partial charge is 0.353 e. The van der Waals surface area contributed by atoms with Gasteiger partial charge in [0.15, 0.2) is 0 Å². The normalized spacial score (nSPS) is 18.3. The van der Waals surface area contributed by atoms with Crippen molar-refractivity contribution < 1.29 is 0 Å². The third-order valence-corrected chi connectivity index (χ3v) is 2.52. The van der Waals surface area contributed by atoms with Crippen molar-refractivity contribution in [2.24, 2.45) is 5.92 Å². The summed E-state index contributed by atoms with van der Waals surface area (Å²) in [5.41, 5.74) is 0. The van der Waals surface area contributed by atoms with Gasteiger partial charge in [-0.15, -0.1) is 5.10 Å². The Morgan fingerprint density at radius 1 is 1.57 bits per heavy atom. The van der Waals surface area contributed by atoms with Crippen LogP contribution in [0.25, 0.3) is 0 Å². The molecule has 1 fully saturated rings. The van der Waals surface area contributed by atoms with Crippen molar-refractivity contribution in [2.75, 3.05) is 30.8 Å². The number of rotatable bonds is 3. The predicted molar refractivity (Wildman–Crippen MR) is 54.3 cm³/mol. The van der Waals surface area contributed by atoms with Crippen LogP contribution in [0.15, 0.2) is 6.33 Å². The van der Waals surface area contributed by atoms with Gasteiger partial charge in [-0.3, -0.25) is 0 Å². The van der Waals surface area contributed by atoms with Gasteiger partial charge in [0.2, 0.25) is 5.95 Å². The number of hydrogen-bond acceptors (Lipinski definition) is 5. The molecule has 6 nitrogen and oxygen atoms in total. The molecule has 1 aliphatic rings. The van der Waals surface area contributed by atoms with E-state index in [9.17, 15) is 0 Å². The first-order valence-corrected chi connectivity index (χ1v) is 4.96. The van der Waals surface area contributed by atoms with Gasteiger partial charge >= 0.3 is 0 Å². The number of aromatic nitrogens is 3. The molecule has 78 valence electrons. The standard InChI is InChI=1S/C8H16N6/c9-14-6-12-8(13-14)11-5-7-1-3-10-4-2-7/h6-7,10H,1-5,9H2,(H,11,13). The van der Waals surface area contributed by atoms with Crippen molar-refractivity contribution >= 4 is 5.95 Å². The van der Waals surface area contributed by atoms with Crippen LogP contribution >= 0.6 is 0 Å². The molecule has 4 N–H and O–H groups in total. The van der Waals surface area contributed by atoms with E-state index in [1.165, 1.54) is 24.0 Å². The van der Waals surface area contributed by atoms with E-state index in [0.717, 1.165) is 25.6 Å². The fourth-order valence-electron chi connectivity index (χ4n) is 1.68. The molecule has 0 aliphatic carbocycles.